The Morgan fingerprint density at radius 3 is 1.66 bits per heavy atom. The average Bonchev–Trinajstić information content (AvgIpc) is 3.69. The predicted molar refractivity (Wildman–Crippen MR) is 232 cm³/mol. The van der Waals surface area contributed by atoms with Crippen molar-refractivity contribution < 1.29 is 24.1 Å². The molecule has 7 aromatic rings. The SMILES string of the molecule is COc1cc2nc(CCn3c(=O)n4n(c3=O)C3Cn5c(=O)n(CCc6nc7cc(OC)c(OC)cc7n(C)c6=O)c(=O)n5C(c5cccc(C)c5O)C3=CC4)c(=O)n(C)c2cc1OC. The largest absolute Gasteiger partial charge is 0.507 e. The van der Waals surface area contributed by atoms with Gasteiger partial charge in [-0.05, 0) is 18.1 Å². The van der Waals surface area contributed by atoms with Crippen LogP contribution in [-0.4, -0.2) is 80.5 Å². The van der Waals surface area contributed by atoms with Crippen LogP contribution in [0.5, 0.6) is 28.7 Å². The van der Waals surface area contributed by atoms with E-state index in [0.717, 1.165) is 9.13 Å². The van der Waals surface area contributed by atoms with Crippen LogP contribution in [0.2, 0.25) is 0 Å². The third-order valence-electron chi connectivity index (χ3n) is 12.4. The Balaban J connectivity index is 1.10. The van der Waals surface area contributed by atoms with E-state index in [-0.39, 0.29) is 56.2 Å². The van der Waals surface area contributed by atoms with Crippen LogP contribution in [0.1, 0.15) is 34.6 Å². The average molecular weight is 877 g/mol. The van der Waals surface area contributed by atoms with Crippen molar-refractivity contribution in [1.82, 2.24) is 47.0 Å². The Kier molecular flexibility index (Phi) is 10.1. The van der Waals surface area contributed by atoms with Crippen LogP contribution in [0.4, 0.5) is 0 Å². The molecule has 9 rings (SSSR count). The first-order chi connectivity index (χ1) is 30.7. The summed E-state index contributed by atoms with van der Waals surface area (Å²) in [5, 5.41) is 11.5. The second-order valence-electron chi connectivity index (χ2n) is 15.7. The number of aryl methyl sites for hydroxylation is 5. The summed E-state index contributed by atoms with van der Waals surface area (Å²) < 4.78 is 31.5. The van der Waals surface area contributed by atoms with Crippen molar-refractivity contribution in [3.63, 3.8) is 0 Å². The van der Waals surface area contributed by atoms with Crippen LogP contribution in [0.3, 0.4) is 0 Å². The number of ether oxygens (including phenoxy) is 4. The standard InChI is InChI=1S/C43H44N10O11/c1-22-9-8-10-24(37(22)54)36-23-11-16-50-40(57)48(14-12-25-38(55)46(2)29-19-34(63-6)32(61-4)17-27(29)44-25)42(59)52(50)31(23)21-51-41(58)49(43(60)53(36)51)15-13-26-39(56)47(3)30-20-35(64-7)33(62-5)18-28(30)45-26/h8-11,17-20,31,36,54H,12-16,21H2,1-7H3. The molecule has 0 amide bonds. The molecule has 21 nitrogen and oxygen atoms in total. The van der Waals surface area contributed by atoms with Crippen molar-refractivity contribution in [1.29, 1.82) is 0 Å². The van der Waals surface area contributed by atoms with Crippen LogP contribution in [0.25, 0.3) is 22.1 Å². The maximum Gasteiger partial charge on any atom is 0.348 e. The number of fused-ring (bicyclic) bond motifs is 6. The number of phenols is 1. The zero-order valence-electron chi connectivity index (χ0n) is 36.0. The molecule has 2 unspecified atom stereocenters. The maximum absolute atomic E-state index is 14.5. The lowest BCUT2D eigenvalue weighted by Crippen LogP contribution is -2.47. The molecule has 0 saturated carbocycles. The smallest absolute Gasteiger partial charge is 0.348 e. The molecule has 0 aliphatic carbocycles. The Morgan fingerprint density at radius 2 is 1.14 bits per heavy atom. The van der Waals surface area contributed by atoms with E-state index in [4.69, 9.17) is 18.9 Å². The second-order valence-corrected chi connectivity index (χ2v) is 15.7. The van der Waals surface area contributed by atoms with Crippen molar-refractivity contribution in [3.8, 4) is 28.7 Å². The van der Waals surface area contributed by atoms with Gasteiger partial charge in [0, 0.05) is 69.9 Å². The highest BCUT2D eigenvalue weighted by Crippen LogP contribution is 2.42. The number of para-hydroxylation sites is 1. The summed E-state index contributed by atoms with van der Waals surface area (Å²) >= 11 is 0. The molecule has 0 radical (unpaired) electrons. The minimum absolute atomic E-state index is 0.0686. The summed E-state index contributed by atoms with van der Waals surface area (Å²) in [5.41, 5.74) is -0.274. The van der Waals surface area contributed by atoms with Crippen LogP contribution in [0.15, 0.2) is 82.9 Å². The topological polar surface area (TPSA) is 225 Å². The monoisotopic (exact) mass is 876 g/mol. The fourth-order valence-corrected chi connectivity index (χ4v) is 9.00. The molecule has 2 aliphatic heterocycles. The number of nitrogens with zero attached hydrogens (tertiary/aromatic N) is 10. The second kappa shape index (κ2) is 15.5. The van der Waals surface area contributed by atoms with E-state index >= 15 is 0 Å². The first kappa shape index (κ1) is 41.5. The van der Waals surface area contributed by atoms with Crippen LogP contribution in [-0.2, 0) is 53.1 Å². The van der Waals surface area contributed by atoms with Gasteiger partial charge in [-0.15, -0.1) is 0 Å². The number of benzene rings is 3. The summed E-state index contributed by atoms with van der Waals surface area (Å²) in [7, 11) is 9.10. The lowest BCUT2D eigenvalue weighted by atomic mass is 9.89. The minimum Gasteiger partial charge on any atom is -0.507 e. The van der Waals surface area contributed by atoms with Gasteiger partial charge in [-0.25, -0.2) is 57.0 Å². The highest BCUT2D eigenvalue weighted by molar-refractivity contribution is 5.80. The van der Waals surface area contributed by atoms with Crippen molar-refractivity contribution in [2.75, 3.05) is 28.4 Å². The lowest BCUT2D eigenvalue weighted by molar-refractivity contribution is 0.243. The van der Waals surface area contributed by atoms with E-state index in [9.17, 15) is 33.9 Å². The van der Waals surface area contributed by atoms with E-state index in [2.05, 4.69) is 9.97 Å². The van der Waals surface area contributed by atoms with Gasteiger partial charge in [0.25, 0.3) is 11.1 Å². The Bertz CT molecular complexity index is 3500. The Labute approximate surface area is 361 Å². The molecular formula is C43H44N10O11. The van der Waals surface area contributed by atoms with Gasteiger partial charge in [-0.3, -0.25) is 9.59 Å². The van der Waals surface area contributed by atoms with Gasteiger partial charge in [-0.2, -0.15) is 0 Å². The molecule has 0 saturated heterocycles. The molecule has 332 valence electrons. The number of allylic oxidation sites excluding steroid dienone is 2. The van der Waals surface area contributed by atoms with Crippen molar-refractivity contribution >= 4 is 22.1 Å². The summed E-state index contributed by atoms with van der Waals surface area (Å²) in [6, 6.07) is 9.57. The van der Waals surface area contributed by atoms with Crippen molar-refractivity contribution in [2.45, 2.75) is 58.0 Å². The van der Waals surface area contributed by atoms with E-state index in [0.29, 0.717) is 61.8 Å². The van der Waals surface area contributed by atoms with Gasteiger partial charge in [0.05, 0.1) is 69.6 Å². The normalized spacial score (nSPS) is 15.5. The van der Waals surface area contributed by atoms with Gasteiger partial charge in [0.1, 0.15) is 23.2 Å². The van der Waals surface area contributed by atoms with Gasteiger partial charge >= 0.3 is 22.8 Å². The zero-order valence-corrected chi connectivity index (χ0v) is 36.0. The number of aromatic nitrogens is 10. The number of methoxy groups -OCH3 is 4. The highest BCUT2D eigenvalue weighted by atomic mass is 16.5. The molecule has 1 N–H and O–H groups in total. The fourth-order valence-electron chi connectivity index (χ4n) is 9.00. The molecule has 4 aromatic heterocycles. The predicted octanol–water partition coefficient (Wildman–Crippen LogP) is 0.748. The maximum atomic E-state index is 14.5. The van der Waals surface area contributed by atoms with Gasteiger partial charge < -0.3 is 33.2 Å². The first-order valence-corrected chi connectivity index (χ1v) is 20.3. The summed E-state index contributed by atoms with van der Waals surface area (Å²) in [6.07, 6.45) is 1.56. The van der Waals surface area contributed by atoms with Crippen LogP contribution in [0, 0.1) is 6.92 Å². The molecule has 2 aliphatic rings. The molecule has 2 atom stereocenters. The molecule has 0 bridgehead atoms. The van der Waals surface area contributed by atoms with Gasteiger partial charge in [0.15, 0.2) is 23.0 Å². The van der Waals surface area contributed by atoms with Gasteiger partial charge in [0.2, 0.25) is 0 Å². The quantitative estimate of drug-likeness (QED) is 0.177. The van der Waals surface area contributed by atoms with Crippen LogP contribution < -0.4 is 52.8 Å². The molecule has 0 fully saturated rings. The fraction of sp³-hybridized carbons (Fsp3) is 0.349. The minimum atomic E-state index is -1.08. The number of aromatic hydroxyl groups is 1. The molecule has 3 aromatic carbocycles. The molecule has 6 heterocycles. The number of hydrogen-bond donors (Lipinski definition) is 1. The third kappa shape index (κ3) is 6.20. The highest BCUT2D eigenvalue weighted by Gasteiger charge is 2.42. The first-order valence-electron chi connectivity index (χ1n) is 20.3. The van der Waals surface area contributed by atoms with Crippen molar-refractivity contribution in [3.05, 3.63) is 139 Å². The van der Waals surface area contributed by atoms with Crippen LogP contribution >= 0.6 is 0 Å². The van der Waals surface area contributed by atoms with E-state index in [1.807, 2.05) is 0 Å². The third-order valence-corrected chi connectivity index (χ3v) is 12.4. The zero-order chi connectivity index (χ0) is 45.5. The van der Waals surface area contributed by atoms with E-state index < -0.39 is 46.0 Å². The summed E-state index contributed by atoms with van der Waals surface area (Å²) in [6.45, 7) is 0.979. The van der Waals surface area contributed by atoms with E-state index in [1.54, 1.807) is 69.6 Å². The number of hydrogen-bond acceptors (Lipinski definition) is 13. The molecule has 0 spiro atoms. The number of phenolic OH excluding ortho intramolecular Hbond substituents is 1. The van der Waals surface area contributed by atoms with Gasteiger partial charge in [-0.1, -0.05) is 24.3 Å². The summed E-state index contributed by atoms with van der Waals surface area (Å²) in [4.78, 5) is 93.6. The Hall–Kier alpha value is -7.84. The van der Waals surface area contributed by atoms with E-state index in [1.165, 1.54) is 56.3 Å². The Morgan fingerprint density at radius 1 is 0.656 bits per heavy atom. The molecule has 21 heteroatoms. The number of rotatable bonds is 11. The molecular weight excluding hydrogens is 833 g/mol. The lowest BCUT2D eigenvalue weighted by Gasteiger charge is -2.37. The summed E-state index contributed by atoms with van der Waals surface area (Å²) in [5.74, 6) is 1.52. The van der Waals surface area contributed by atoms with Crippen molar-refractivity contribution in [2.24, 2.45) is 14.1 Å². The molecule has 64 heavy (non-hydrogen) atoms.